The van der Waals surface area contributed by atoms with Gasteiger partial charge in [-0.15, -0.1) is 46.7 Å². The SMILES string of the molecule is CCNC(=NCC(O)c1ccc(Cl)s1)NCCc1csc(C)n1.I. The molecular weight excluding hydrogens is 479 g/mol. The van der Waals surface area contributed by atoms with Crippen molar-refractivity contribution in [3.05, 3.63) is 37.4 Å². The number of nitrogens with one attached hydrogen (secondary N) is 2. The van der Waals surface area contributed by atoms with Crippen LogP contribution in [0.1, 0.15) is 28.6 Å². The minimum absolute atomic E-state index is 0. The third kappa shape index (κ3) is 7.22. The zero-order chi connectivity index (χ0) is 16.7. The largest absolute Gasteiger partial charge is 0.386 e. The molecule has 9 heteroatoms. The molecule has 2 aromatic heterocycles. The Hall–Kier alpha value is -0.420. The number of thiophene rings is 1. The van der Waals surface area contributed by atoms with E-state index in [4.69, 9.17) is 11.6 Å². The molecular formula is C15H22ClIN4OS2. The second kappa shape index (κ2) is 11.2. The van der Waals surface area contributed by atoms with Crippen LogP contribution in [0.15, 0.2) is 22.5 Å². The van der Waals surface area contributed by atoms with Gasteiger partial charge in [-0.05, 0) is 26.0 Å². The molecule has 24 heavy (non-hydrogen) atoms. The molecule has 0 aliphatic carbocycles. The molecule has 0 fully saturated rings. The van der Waals surface area contributed by atoms with Crippen LogP contribution in [-0.2, 0) is 6.42 Å². The van der Waals surface area contributed by atoms with E-state index in [0.29, 0.717) is 16.8 Å². The van der Waals surface area contributed by atoms with Crippen LogP contribution >= 0.6 is 58.3 Å². The molecule has 0 radical (unpaired) electrons. The molecule has 2 aromatic rings. The van der Waals surface area contributed by atoms with Gasteiger partial charge in [0.25, 0.3) is 0 Å². The summed E-state index contributed by atoms with van der Waals surface area (Å²) in [7, 11) is 0. The van der Waals surface area contributed by atoms with E-state index < -0.39 is 6.10 Å². The van der Waals surface area contributed by atoms with Crippen LogP contribution in [-0.4, -0.2) is 35.7 Å². The fourth-order valence-corrected chi connectivity index (χ4v) is 3.63. The summed E-state index contributed by atoms with van der Waals surface area (Å²) in [6.45, 7) is 5.82. The van der Waals surface area contributed by atoms with Gasteiger partial charge in [-0.2, -0.15) is 0 Å². The van der Waals surface area contributed by atoms with Crippen LogP contribution in [0.3, 0.4) is 0 Å². The zero-order valence-corrected chi connectivity index (χ0v) is 18.3. The summed E-state index contributed by atoms with van der Waals surface area (Å²) in [4.78, 5) is 9.69. The van der Waals surface area contributed by atoms with Crippen LogP contribution in [0.2, 0.25) is 4.34 Å². The Morgan fingerprint density at radius 1 is 1.42 bits per heavy atom. The van der Waals surface area contributed by atoms with Crippen LogP contribution < -0.4 is 10.6 Å². The van der Waals surface area contributed by atoms with Crippen molar-refractivity contribution in [3.8, 4) is 0 Å². The lowest BCUT2D eigenvalue weighted by molar-refractivity contribution is 0.191. The maximum Gasteiger partial charge on any atom is 0.191 e. The summed E-state index contributed by atoms with van der Waals surface area (Å²) in [5.74, 6) is 0.696. The number of hydrogen-bond acceptors (Lipinski definition) is 5. The quantitative estimate of drug-likeness (QED) is 0.309. The van der Waals surface area contributed by atoms with Gasteiger partial charge < -0.3 is 15.7 Å². The summed E-state index contributed by atoms with van der Waals surface area (Å²) in [5.41, 5.74) is 1.09. The molecule has 0 amide bonds. The van der Waals surface area contributed by atoms with Crippen LogP contribution in [0.5, 0.6) is 0 Å². The first-order valence-corrected chi connectivity index (χ1v) is 9.52. The van der Waals surface area contributed by atoms with Gasteiger partial charge in [0.2, 0.25) is 0 Å². The van der Waals surface area contributed by atoms with Crippen LogP contribution in [0.4, 0.5) is 0 Å². The van der Waals surface area contributed by atoms with Gasteiger partial charge in [0, 0.05) is 29.8 Å². The third-order valence-corrected chi connectivity index (χ3v) is 5.18. The number of aliphatic hydroxyl groups excluding tert-OH is 1. The Morgan fingerprint density at radius 2 is 2.21 bits per heavy atom. The highest BCUT2D eigenvalue weighted by Crippen LogP contribution is 2.26. The fourth-order valence-electron chi connectivity index (χ4n) is 1.95. The molecule has 0 spiro atoms. The number of halogens is 2. The molecule has 0 saturated carbocycles. The number of aliphatic hydroxyl groups is 1. The van der Waals surface area contributed by atoms with E-state index in [1.165, 1.54) is 11.3 Å². The van der Waals surface area contributed by atoms with E-state index in [9.17, 15) is 5.11 Å². The van der Waals surface area contributed by atoms with Crippen molar-refractivity contribution in [2.75, 3.05) is 19.6 Å². The summed E-state index contributed by atoms with van der Waals surface area (Å²) in [5, 5.41) is 19.7. The number of hydrogen-bond donors (Lipinski definition) is 3. The minimum atomic E-state index is -0.635. The van der Waals surface area contributed by atoms with Crippen molar-refractivity contribution in [1.29, 1.82) is 0 Å². The summed E-state index contributed by atoms with van der Waals surface area (Å²) < 4.78 is 0.673. The van der Waals surface area contributed by atoms with E-state index >= 15 is 0 Å². The molecule has 0 saturated heterocycles. The maximum atomic E-state index is 10.1. The van der Waals surface area contributed by atoms with Crippen LogP contribution in [0, 0.1) is 6.92 Å². The molecule has 1 atom stereocenters. The standard InChI is InChI=1S/C15H21ClN4OS2.HI/c1-3-17-15(18-7-6-11-9-22-10(2)20-11)19-8-12(21)13-4-5-14(16)23-13;/h4-5,9,12,21H,3,6-8H2,1-2H3,(H2,17,18,19);1H. The average Bonchev–Trinajstić information content (AvgIpc) is 3.13. The van der Waals surface area contributed by atoms with Crippen molar-refractivity contribution in [3.63, 3.8) is 0 Å². The Bertz CT molecular complexity index is 647. The monoisotopic (exact) mass is 500 g/mol. The van der Waals surface area contributed by atoms with Crippen molar-refractivity contribution < 1.29 is 5.11 Å². The van der Waals surface area contributed by atoms with Gasteiger partial charge >= 0.3 is 0 Å². The Labute approximate surface area is 172 Å². The predicted molar refractivity (Wildman–Crippen MR) is 114 cm³/mol. The second-order valence-corrected chi connectivity index (χ2v) is 7.72. The highest BCUT2D eigenvalue weighted by molar-refractivity contribution is 14.0. The number of nitrogens with zero attached hydrogens (tertiary/aromatic N) is 2. The lowest BCUT2D eigenvalue weighted by Gasteiger charge is -2.12. The van der Waals surface area contributed by atoms with E-state index in [0.717, 1.165) is 35.1 Å². The maximum absolute atomic E-state index is 10.1. The summed E-state index contributed by atoms with van der Waals surface area (Å²) in [6.07, 6.45) is 0.210. The average molecular weight is 501 g/mol. The number of aromatic nitrogens is 1. The lowest BCUT2D eigenvalue weighted by atomic mass is 10.3. The number of aryl methyl sites for hydroxylation is 1. The highest BCUT2D eigenvalue weighted by atomic mass is 127. The number of guanidine groups is 1. The number of aliphatic imine (C=N–C) groups is 1. The van der Waals surface area contributed by atoms with E-state index in [-0.39, 0.29) is 24.0 Å². The molecule has 0 bridgehead atoms. The van der Waals surface area contributed by atoms with Gasteiger partial charge in [0.05, 0.1) is 21.6 Å². The fraction of sp³-hybridized carbons (Fsp3) is 0.467. The van der Waals surface area contributed by atoms with Crippen molar-refractivity contribution in [2.24, 2.45) is 4.99 Å². The molecule has 1 unspecified atom stereocenters. The van der Waals surface area contributed by atoms with E-state index in [1.54, 1.807) is 17.4 Å². The normalized spacial score (nSPS) is 12.6. The van der Waals surface area contributed by atoms with Crippen molar-refractivity contribution >= 4 is 64.2 Å². The topological polar surface area (TPSA) is 69.5 Å². The first kappa shape index (κ1) is 21.6. The van der Waals surface area contributed by atoms with Crippen LogP contribution in [0.25, 0.3) is 0 Å². The second-order valence-electron chi connectivity index (χ2n) is 4.91. The zero-order valence-electron chi connectivity index (χ0n) is 13.6. The van der Waals surface area contributed by atoms with E-state index in [2.05, 4.69) is 26.0 Å². The van der Waals surface area contributed by atoms with Crippen molar-refractivity contribution in [1.82, 2.24) is 15.6 Å². The molecule has 2 rings (SSSR count). The van der Waals surface area contributed by atoms with Gasteiger partial charge in [-0.3, -0.25) is 4.99 Å². The Kier molecular flexibility index (Phi) is 10.1. The smallest absolute Gasteiger partial charge is 0.191 e. The van der Waals surface area contributed by atoms with Gasteiger partial charge in [0.15, 0.2) is 5.96 Å². The third-order valence-electron chi connectivity index (χ3n) is 3.03. The predicted octanol–water partition coefficient (Wildman–Crippen LogP) is 3.62. The Morgan fingerprint density at radius 3 is 2.79 bits per heavy atom. The molecule has 0 aromatic carbocycles. The lowest BCUT2D eigenvalue weighted by Crippen LogP contribution is -2.38. The van der Waals surface area contributed by atoms with Gasteiger partial charge in [0.1, 0.15) is 6.10 Å². The molecule has 3 N–H and O–H groups in total. The summed E-state index contributed by atoms with van der Waals surface area (Å²) in [6, 6.07) is 3.62. The first-order valence-electron chi connectivity index (χ1n) is 7.45. The van der Waals surface area contributed by atoms with E-state index in [1.807, 2.05) is 19.9 Å². The minimum Gasteiger partial charge on any atom is -0.386 e. The highest BCUT2D eigenvalue weighted by Gasteiger charge is 2.10. The molecule has 2 heterocycles. The summed E-state index contributed by atoms with van der Waals surface area (Å²) >= 11 is 8.92. The molecule has 0 aliphatic heterocycles. The molecule has 0 aliphatic rings. The molecule has 134 valence electrons. The van der Waals surface area contributed by atoms with Crippen molar-refractivity contribution in [2.45, 2.75) is 26.4 Å². The first-order chi connectivity index (χ1) is 11.1. The van der Waals surface area contributed by atoms with Gasteiger partial charge in [-0.25, -0.2) is 4.98 Å². The molecule has 5 nitrogen and oxygen atoms in total. The van der Waals surface area contributed by atoms with Gasteiger partial charge in [-0.1, -0.05) is 11.6 Å². The number of thiazole rings is 1. The number of rotatable bonds is 7. The Balaban J connectivity index is 0.00000288.